The number of halogens is 3. The SMILES string of the molecule is CCCCC(C(/C=C/C1C(C)CC2OC(=O)CC21)OC1CCCCO1)C(F)(F)F. The van der Waals surface area contributed by atoms with Crippen LogP contribution < -0.4 is 0 Å². The van der Waals surface area contributed by atoms with Gasteiger partial charge in [-0.3, -0.25) is 4.79 Å². The highest BCUT2D eigenvalue weighted by Gasteiger charge is 2.48. The fraction of sp³-hybridized carbons (Fsp3) is 0.864. The van der Waals surface area contributed by atoms with Crippen molar-refractivity contribution in [2.45, 2.75) is 89.9 Å². The summed E-state index contributed by atoms with van der Waals surface area (Å²) < 4.78 is 58.4. The molecule has 3 aliphatic rings. The largest absolute Gasteiger partial charge is 0.462 e. The predicted octanol–water partition coefficient (Wildman–Crippen LogP) is 5.41. The number of hydrogen-bond donors (Lipinski definition) is 0. The Morgan fingerprint density at radius 3 is 2.76 bits per heavy atom. The van der Waals surface area contributed by atoms with Gasteiger partial charge in [-0.2, -0.15) is 13.2 Å². The quantitative estimate of drug-likeness (QED) is 0.391. The molecule has 1 saturated carbocycles. The third-order valence-electron chi connectivity index (χ3n) is 6.57. The zero-order valence-electron chi connectivity index (χ0n) is 17.3. The molecule has 0 aromatic heterocycles. The highest BCUT2D eigenvalue weighted by atomic mass is 19.4. The van der Waals surface area contributed by atoms with Crippen molar-refractivity contribution in [1.82, 2.24) is 0 Å². The van der Waals surface area contributed by atoms with Crippen LogP contribution in [0.5, 0.6) is 0 Å². The van der Waals surface area contributed by atoms with Gasteiger partial charge in [0.25, 0.3) is 0 Å². The van der Waals surface area contributed by atoms with Crippen LogP contribution in [-0.2, 0) is 19.0 Å². The molecular formula is C22H33F3O4. The maximum Gasteiger partial charge on any atom is 0.394 e. The number of unbranched alkanes of at least 4 members (excludes halogenated alkanes) is 1. The summed E-state index contributed by atoms with van der Waals surface area (Å²) in [6.07, 6.45) is 2.12. The second-order valence-electron chi connectivity index (χ2n) is 8.76. The first-order valence-electron chi connectivity index (χ1n) is 11.0. The standard InChI is InChI=1S/C22H33F3O4/c1-3-4-7-17(22(23,24)25)18(29-21-8-5-6-11-27-21)10-9-15-14(2)12-19-16(15)13-20(26)28-19/h9-10,14-19,21H,3-8,11-13H2,1-2H3/b10-9+. The van der Waals surface area contributed by atoms with Crippen LogP contribution in [0.25, 0.3) is 0 Å². The summed E-state index contributed by atoms with van der Waals surface area (Å²) in [5.74, 6) is -1.41. The summed E-state index contributed by atoms with van der Waals surface area (Å²) in [4.78, 5) is 11.6. The molecule has 4 nitrogen and oxygen atoms in total. The number of esters is 1. The molecule has 0 radical (unpaired) electrons. The zero-order valence-corrected chi connectivity index (χ0v) is 17.3. The monoisotopic (exact) mass is 418 g/mol. The molecule has 166 valence electrons. The summed E-state index contributed by atoms with van der Waals surface area (Å²) in [6, 6.07) is 0. The molecule has 3 rings (SSSR count). The number of carbonyl (C=O) groups excluding carboxylic acids is 1. The Morgan fingerprint density at radius 1 is 1.31 bits per heavy atom. The van der Waals surface area contributed by atoms with Gasteiger partial charge in [-0.25, -0.2) is 0 Å². The molecule has 1 aliphatic carbocycles. The molecule has 0 N–H and O–H groups in total. The van der Waals surface area contributed by atoms with Gasteiger partial charge in [0.1, 0.15) is 6.10 Å². The maximum absolute atomic E-state index is 13.9. The summed E-state index contributed by atoms with van der Waals surface area (Å²) in [7, 11) is 0. The van der Waals surface area contributed by atoms with Gasteiger partial charge in [0.2, 0.25) is 0 Å². The lowest BCUT2D eigenvalue weighted by atomic mass is 9.86. The van der Waals surface area contributed by atoms with Crippen molar-refractivity contribution in [3.05, 3.63) is 12.2 Å². The highest BCUT2D eigenvalue weighted by Crippen LogP contribution is 2.46. The average Bonchev–Trinajstić information content (AvgIpc) is 3.14. The zero-order chi connectivity index (χ0) is 21.0. The van der Waals surface area contributed by atoms with Gasteiger partial charge in [0.05, 0.1) is 18.4 Å². The van der Waals surface area contributed by atoms with Crippen molar-refractivity contribution < 1.29 is 32.2 Å². The summed E-state index contributed by atoms with van der Waals surface area (Å²) >= 11 is 0. The second-order valence-corrected chi connectivity index (χ2v) is 8.76. The molecule has 7 unspecified atom stereocenters. The molecule has 0 bridgehead atoms. The molecule has 2 saturated heterocycles. The molecular weight excluding hydrogens is 385 g/mol. The van der Waals surface area contributed by atoms with E-state index >= 15 is 0 Å². The lowest BCUT2D eigenvalue weighted by Gasteiger charge is -2.32. The molecule has 29 heavy (non-hydrogen) atoms. The van der Waals surface area contributed by atoms with Crippen LogP contribution in [-0.4, -0.2) is 37.3 Å². The third-order valence-corrected chi connectivity index (χ3v) is 6.57. The minimum Gasteiger partial charge on any atom is -0.462 e. The van der Waals surface area contributed by atoms with E-state index in [-0.39, 0.29) is 36.2 Å². The molecule has 2 aliphatic heterocycles. The number of alkyl halides is 3. The number of fused-ring (bicyclic) bond motifs is 1. The van der Waals surface area contributed by atoms with E-state index in [4.69, 9.17) is 14.2 Å². The fourth-order valence-electron chi connectivity index (χ4n) is 4.96. The van der Waals surface area contributed by atoms with E-state index in [0.717, 1.165) is 19.3 Å². The van der Waals surface area contributed by atoms with Crippen molar-refractivity contribution in [3.63, 3.8) is 0 Å². The molecule has 0 aromatic carbocycles. The average molecular weight is 418 g/mol. The van der Waals surface area contributed by atoms with Gasteiger partial charge in [-0.1, -0.05) is 38.8 Å². The van der Waals surface area contributed by atoms with Crippen molar-refractivity contribution in [2.75, 3.05) is 6.61 Å². The van der Waals surface area contributed by atoms with Crippen LogP contribution in [0.2, 0.25) is 0 Å². The summed E-state index contributed by atoms with van der Waals surface area (Å²) in [5, 5.41) is 0. The number of ether oxygens (including phenoxy) is 3. The van der Waals surface area contributed by atoms with Crippen molar-refractivity contribution >= 4 is 5.97 Å². The van der Waals surface area contributed by atoms with Gasteiger partial charge in [0, 0.05) is 12.5 Å². The normalized spacial score (nSPS) is 34.9. The van der Waals surface area contributed by atoms with Crippen molar-refractivity contribution in [3.8, 4) is 0 Å². The Hall–Kier alpha value is -1.08. The number of rotatable bonds is 8. The number of carbonyl (C=O) groups is 1. The first kappa shape index (κ1) is 22.6. The number of hydrogen-bond acceptors (Lipinski definition) is 4. The Labute approximate surface area is 171 Å². The van der Waals surface area contributed by atoms with Crippen LogP contribution in [0.3, 0.4) is 0 Å². The molecule has 3 fully saturated rings. The van der Waals surface area contributed by atoms with Gasteiger partial charge in [-0.05, 0) is 43.9 Å². The van der Waals surface area contributed by atoms with Crippen LogP contribution in [0, 0.1) is 23.7 Å². The minimum absolute atomic E-state index is 0.0323. The first-order valence-corrected chi connectivity index (χ1v) is 11.0. The lowest BCUT2D eigenvalue weighted by Crippen LogP contribution is -2.38. The van der Waals surface area contributed by atoms with E-state index in [1.54, 1.807) is 6.08 Å². The Kier molecular flexibility index (Phi) is 7.65. The smallest absolute Gasteiger partial charge is 0.394 e. The second kappa shape index (κ2) is 9.82. The van der Waals surface area contributed by atoms with E-state index in [1.807, 2.05) is 13.0 Å². The van der Waals surface area contributed by atoms with Crippen LogP contribution in [0.1, 0.15) is 65.2 Å². The topological polar surface area (TPSA) is 44.8 Å². The van der Waals surface area contributed by atoms with E-state index in [9.17, 15) is 18.0 Å². The third kappa shape index (κ3) is 5.75. The van der Waals surface area contributed by atoms with E-state index in [2.05, 4.69) is 6.92 Å². The Balaban J connectivity index is 1.77. The molecule has 0 aromatic rings. The van der Waals surface area contributed by atoms with Crippen LogP contribution in [0.4, 0.5) is 13.2 Å². The predicted molar refractivity (Wildman–Crippen MR) is 102 cm³/mol. The summed E-state index contributed by atoms with van der Waals surface area (Å²) in [6.45, 7) is 4.48. The Bertz CT molecular complexity index is 571. The van der Waals surface area contributed by atoms with Gasteiger partial charge < -0.3 is 14.2 Å². The van der Waals surface area contributed by atoms with E-state index in [1.165, 1.54) is 0 Å². The molecule has 7 atom stereocenters. The van der Waals surface area contributed by atoms with Gasteiger partial charge in [0.15, 0.2) is 6.29 Å². The first-order chi connectivity index (χ1) is 13.8. The maximum atomic E-state index is 13.9. The Morgan fingerprint density at radius 2 is 2.10 bits per heavy atom. The molecule has 0 spiro atoms. The van der Waals surface area contributed by atoms with E-state index < -0.39 is 24.5 Å². The van der Waals surface area contributed by atoms with Crippen LogP contribution >= 0.6 is 0 Å². The molecule has 7 heteroatoms. The van der Waals surface area contributed by atoms with Gasteiger partial charge >= 0.3 is 12.1 Å². The lowest BCUT2D eigenvalue weighted by molar-refractivity contribution is -0.241. The van der Waals surface area contributed by atoms with Crippen LogP contribution in [0.15, 0.2) is 12.2 Å². The minimum atomic E-state index is -4.34. The van der Waals surface area contributed by atoms with Crippen molar-refractivity contribution in [2.24, 2.45) is 23.7 Å². The number of allylic oxidation sites excluding steroid dienone is 1. The summed E-state index contributed by atoms with van der Waals surface area (Å²) in [5.41, 5.74) is 0. The van der Waals surface area contributed by atoms with E-state index in [0.29, 0.717) is 32.3 Å². The highest BCUT2D eigenvalue weighted by molar-refractivity contribution is 5.72. The molecule has 0 amide bonds. The van der Waals surface area contributed by atoms with Crippen molar-refractivity contribution in [1.29, 1.82) is 0 Å². The van der Waals surface area contributed by atoms with Gasteiger partial charge in [-0.15, -0.1) is 0 Å². The molecule has 2 heterocycles. The fourth-order valence-corrected chi connectivity index (χ4v) is 4.96.